The van der Waals surface area contributed by atoms with Gasteiger partial charge in [0.05, 0.1) is 22.4 Å². The van der Waals surface area contributed by atoms with E-state index in [-0.39, 0.29) is 12.1 Å². The van der Waals surface area contributed by atoms with E-state index in [2.05, 4.69) is 5.32 Å². The van der Waals surface area contributed by atoms with Gasteiger partial charge in [-0.3, -0.25) is 4.79 Å². The van der Waals surface area contributed by atoms with E-state index in [1.807, 2.05) is 0 Å². The molecule has 1 saturated carbocycles. The van der Waals surface area contributed by atoms with Crippen LogP contribution in [0.4, 0.5) is 24.5 Å². The Hall–Kier alpha value is -1.14. The van der Waals surface area contributed by atoms with Crippen molar-refractivity contribution >= 4 is 40.5 Å². The highest BCUT2D eigenvalue weighted by molar-refractivity contribution is 6.53. The summed E-state index contributed by atoms with van der Waals surface area (Å²) < 4.78 is 37.3. The van der Waals surface area contributed by atoms with E-state index in [9.17, 15) is 18.0 Å². The number of hydrogen-bond acceptors (Lipinski definition) is 2. The molecule has 1 unspecified atom stereocenters. The van der Waals surface area contributed by atoms with Crippen molar-refractivity contribution in [2.24, 2.45) is 5.41 Å². The molecule has 1 fully saturated rings. The molecule has 1 atom stereocenters. The van der Waals surface area contributed by atoms with Gasteiger partial charge in [-0.25, -0.2) is 0 Å². The summed E-state index contributed by atoms with van der Waals surface area (Å²) in [4.78, 5) is 13.9. The molecule has 1 aromatic rings. The SMILES string of the molecule is CN(C)c1ccc(C(F)(F)F)cc1NC(=O)C1(C)CC1(Cl)Cl. The van der Waals surface area contributed by atoms with Gasteiger partial charge in [0.15, 0.2) is 0 Å². The molecule has 2 rings (SSSR count). The van der Waals surface area contributed by atoms with Crippen LogP contribution in [-0.4, -0.2) is 24.3 Å². The Bertz CT molecular complexity index is 617. The van der Waals surface area contributed by atoms with Crippen molar-refractivity contribution in [1.82, 2.24) is 0 Å². The summed E-state index contributed by atoms with van der Waals surface area (Å²) in [5.74, 6) is -0.500. The van der Waals surface area contributed by atoms with E-state index in [4.69, 9.17) is 23.2 Å². The maximum Gasteiger partial charge on any atom is 0.416 e. The number of rotatable bonds is 3. The molecular formula is C14H15Cl2F3N2O. The Morgan fingerprint density at radius 2 is 1.86 bits per heavy atom. The van der Waals surface area contributed by atoms with Crippen LogP contribution in [0.15, 0.2) is 18.2 Å². The number of hydrogen-bond donors (Lipinski definition) is 1. The van der Waals surface area contributed by atoms with E-state index >= 15 is 0 Å². The monoisotopic (exact) mass is 354 g/mol. The summed E-state index contributed by atoms with van der Waals surface area (Å²) >= 11 is 11.9. The predicted molar refractivity (Wildman–Crippen MR) is 81.6 cm³/mol. The van der Waals surface area contributed by atoms with Gasteiger partial charge in [0.1, 0.15) is 4.33 Å². The van der Waals surface area contributed by atoms with Crippen LogP contribution < -0.4 is 10.2 Å². The molecule has 0 radical (unpaired) electrons. The number of amides is 1. The number of nitrogens with one attached hydrogen (secondary N) is 1. The third-order valence-electron chi connectivity index (χ3n) is 3.81. The van der Waals surface area contributed by atoms with Gasteiger partial charge >= 0.3 is 6.18 Å². The standard InChI is InChI=1S/C14H15Cl2F3N2O/c1-12(7-13(12,15)16)11(22)20-9-6-8(14(17,18)19)4-5-10(9)21(2)3/h4-6H,7H2,1-3H3,(H,20,22). The fraction of sp³-hybridized carbons (Fsp3) is 0.500. The van der Waals surface area contributed by atoms with Crippen molar-refractivity contribution in [2.75, 3.05) is 24.3 Å². The first-order valence-electron chi connectivity index (χ1n) is 6.46. The van der Waals surface area contributed by atoms with Crippen LogP contribution in [0.25, 0.3) is 0 Å². The number of carbonyl (C=O) groups is 1. The summed E-state index contributed by atoms with van der Waals surface area (Å²) in [5.41, 5.74) is -1.31. The van der Waals surface area contributed by atoms with Crippen LogP contribution in [0, 0.1) is 5.41 Å². The maximum absolute atomic E-state index is 12.8. The summed E-state index contributed by atoms with van der Waals surface area (Å²) in [5, 5.41) is 2.51. The second kappa shape index (κ2) is 5.20. The average Bonchev–Trinajstić information content (AvgIpc) is 2.88. The average molecular weight is 355 g/mol. The lowest BCUT2D eigenvalue weighted by atomic mass is 10.1. The summed E-state index contributed by atoms with van der Waals surface area (Å²) in [6, 6.07) is 3.18. The van der Waals surface area contributed by atoms with Gasteiger partial charge < -0.3 is 10.2 Å². The minimum absolute atomic E-state index is 0.0714. The second-order valence-corrected chi connectivity index (χ2v) is 7.28. The van der Waals surface area contributed by atoms with E-state index in [1.165, 1.54) is 6.07 Å². The first-order chi connectivity index (χ1) is 9.88. The van der Waals surface area contributed by atoms with Crippen LogP contribution in [0.3, 0.4) is 0 Å². The highest BCUT2D eigenvalue weighted by atomic mass is 35.5. The molecule has 1 aliphatic rings. The van der Waals surface area contributed by atoms with Crippen molar-refractivity contribution in [3.05, 3.63) is 23.8 Å². The van der Waals surface area contributed by atoms with Crippen LogP contribution in [0.1, 0.15) is 18.9 Å². The van der Waals surface area contributed by atoms with Gasteiger partial charge in [-0.05, 0) is 31.5 Å². The van der Waals surface area contributed by atoms with E-state index in [0.717, 1.165) is 12.1 Å². The third kappa shape index (κ3) is 2.99. The number of anilines is 2. The van der Waals surface area contributed by atoms with Crippen LogP contribution in [0.2, 0.25) is 0 Å². The molecule has 0 aromatic heterocycles. The zero-order chi connectivity index (χ0) is 16.9. The zero-order valence-electron chi connectivity index (χ0n) is 12.2. The Balaban J connectivity index is 2.34. The molecule has 1 amide bonds. The molecule has 3 nitrogen and oxygen atoms in total. The quantitative estimate of drug-likeness (QED) is 0.821. The molecule has 0 heterocycles. The van der Waals surface area contributed by atoms with Gasteiger partial charge in [-0.2, -0.15) is 13.2 Å². The largest absolute Gasteiger partial charge is 0.416 e. The first kappa shape index (κ1) is 17.2. The van der Waals surface area contributed by atoms with Gasteiger partial charge in [0, 0.05) is 14.1 Å². The molecule has 1 N–H and O–H groups in total. The fourth-order valence-electron chi connectivity index (χ4n) is 2.11. The zero-order valence-corrected chi connectivity index (χ0v) is 13.7. The number of alkyl halides is 5. The Kier molecular flexibility index (Phi) is 4.07. The Labute approximate surface area is 136 Å². The molecule has 0 saturated heterocycles. The van der Waals surface area contributed by atoms with Gasteiger partial charge in [-0.1, -0.05) is 0 Å². The Morgan fingerprint density at radius 3 is 2.27 bits per heavy atom. The predicted octanol–water partition coefficient (Wildman–Crippen LogP) is 4.29. The number of carbonyl (C=O) groups excluding carboxylic acids is 1. The minimum Gasteiger partial charge on any atom is -0.376 e. The molecule has 122 valence electrons. The van der Waals surface area contributed by atoms with Crippen molar-refractivity contribution < 1.29 is 18.0 Å². The molecular weight excluding hydrogens is 340 g/mol. The molecule has 8 heteroatoms. The Morgan fingerprint density at radius 1 is 1.32 bits per heavy atom. The van der Waals surface area contributed by atoms with Crippen LogP contribution >= 0.6 is 23.2 Å². The van der Waals surface area contributed by atoms with Gasteiger partial charge in [-0.15, -0.1) is 23.2 Å². The van der Waals surface area contributed by atoms with E-state index in [1.54, 1.807) is 25.9 Å². The lowest BCUT2D eigenvalue weighted by molar-refractivity contribution is -0.137. The van der Waals surface area contributed by atoms with Crippen LogP contribution in [0.5, 0.6) is 0 Å². The lowest BCUT2D eigenvalue weighted by Gasteiger charge is -2.21. The molecule has 0 spiro atoms. The number of halogens is 5. The number of benzene rings is 1. The molecule has 1 aliphatic carbocycles. The highest BCUT2D eigenvalue weighted by Crippen LogP contribution is 2.64. The molecule has 0 aliphatic heterocycles. The fourth-order valence-corrected chi connectivity index (χ4v) is 2.82. The van der Waals surface area contributed by atoms with Gasteiger partial charge in [0.2, 0.25) is 5.91 Å². The molecule has 22 heavy (non-hydrogen) atoms. The van der Waals surface area contributed by atoms with Crippen molar-refractivity contribution in [2.45, 2.75) is 23.9 Å². The van der Waals surface area contributed by atoms with Crippen molar-refractivity contribution in [3.8, 4) is 0 Å². The number of nitrogens with zero attached hydrogens (tertiary/aromatic N) is 1. The van der Waals surface area contributed by atoms with E-state index in [0.29, 0.717) is 5.69 Å². The van der Waals surface area contributed by atoms with Crippen molar-refractivity contribution in [1.29, 1.82) is 0 Å². The first-order valence-corrected chi connectivity index (χ1v) is 7.22. The highest BCUT2D eigenvalue weighted by Gasteiger charge is 2.68. The smallest absolute Gasteiger partial charge is 0.376 e. The third-order valence-corrected chi connectivity index (χ3v) is 4.91. The normalized spacial score (nSPS) is 23.1. The van der Waals surface area contributed by atoms with Crippen molar-refractivity contribution in [3.63, 3.8) is 0 Å². The molecule has 0 bridgehead atoms. The minimum atomic E-state index is -4.49. The van der Waals surface area contributed by atoms with Crippen LogP contribution in [-0.2, 0) is 11.0 Å². The van der Waals surface area contributed by atoms with E-state index < -0.39 is 27.4 Å². The van der Waals surface area contributed by atoms with Gasteiger partial charge in [0.25, 0.3) is 0 Å². The lowest BCUT2D eigenvalue weighted by Crippen LogP contribution is -2.27. The maximum atomic E-state index is 12.8. The second-order valence-electron chi connectivity index (χ2n) is 5.79. The molecule has 1 aromatic carbocycles. The topological polar surface area (TPSA) is 32.3 Å². The summed E-state index contributed by atoms with van der Waals surface area (Å²) in [6.07, 6.45) is -4.23. The summed E-state index contributed by atoms with van der Waals surface area (Å²) in [6.45, 7) is 1.57. The summed E-state index contributed by atoms with van der Waals surface area (Å²) in [7, 11) is 3.34.